The van der Waals surface area contributed by atoms with Crippen LogP contribution < -0.4 is 0 Å². The van der Waals surface area contributed by atoms with Gasteiger partial charge in [0.1, 0.15) is 0 Å². The summed E-state index contributed by atoms with van der Waals surface area (Å²) in [6, 6.07) is 4.40. The van der Waals surface area contributed by atoms with Crippen molar-refractivity contribution in [2.24, 2.45) is 10.2 Å². The number of furan rings is 1. The van der Waals surface area contributed by atoms with Gasteiger partial charge in [0, 0.05) is 0 Å². The topological polar surface area (TPSA) is 37.9 Å². The van der Waals surface area contributed by atoms with Crippen LogP contribution in [0.25, 0.3) is 0 Å². The largest absolute Gasteiger partial charge is 0.445 e. The molecule has 47 valence electrons. The number of azo groups is 1. The standard InChI is InChI=1S/C6H7N2O/c1-2-7-8-6-4-3-5-9-6/h3,5H,2H2,1H3. The van der Waals surface area contributed by atoms with Crippen LogP contribution in [0.2, 0.25) is 0 Å². The van der Waals surface area contributed by atoms with Gasteiger partial charge in [0.15, 0.2) is 0 Å². The predicted octanol–water partition coefficient (Wildman–Crippen LogP) is 2.18. The van der Waals surface area contributed by atoms with E-state index in [4.69, 9.17) is 4.42 Å². The lowest BCUT2D eigenvalue weighted by molar-refractivity contribution is 0.570. The van der Waals surface area contributed by atoms with E-state index < -0.39 is 0 Å². The van der Waals surface area contributed by atoms with Gasteiger partial charge in [-0.1, -0.05) is 0 Å². The first-order chi connectivity index (χ1) is 4.43. The minimum Gasteiger partial charge on any atom is -0.445 e. The van der Waals surface area contributed by atoms with Crippen LogP contribution in [0.3, 0.4) is 0 Å². The quantitative estimate of drug-likeness (QED) is 0.555. The summed E-state index contributed by atoms with van der Waals surface area (Å²) in [4.78, 5) is 0. The van der Waals surface area contributed by atoms with Gasteiger partial charge in [-0.2, -0.15) is 5.11 Å². The molecule has 1 aromatic heterocycles. The van der Waals surface area contributed by atoms with Crippen molar-refractivity contribution in [2.75, 3.05) is 6.54 Å². The summed E-state index contributed by atoms with van der Waals surface area (Å²) < 4.78 is 4.82. The van der Waals surface area contributed by atoms with Gasteiger partial charge in [0.25, 0.3) is 0 Å². The Bertz CT molecular complexity index is 179. The third-order valence-electron chi connectivity index (χ3n) is 0.757. The molecule has 9 heavy (non-hydrogen) atoms. The molecule has 0 N–H and O–H groups in total. The van der Waals surface area contributed by atoms with Crippen LogP contribution in [-0.4, -0.2) is 6.54 Å². The third-order valence-corrected chi connectivity index (χ3v) is 0.757. The van der Waals surface area contributed by atoms with Crippen molar-refractivity contribution in [3.05, 3.63) is 18.4 Å². The fourth-order valence-electron chi connectivity index (χ4n) is 0.425. The molecule has 0 fully saturated rings. The van der Waals surface area contributed by atoms with E-state index in [1.165, 1.54) is 6.26 Å². The van der Waals surface area contributed by atoms with E-state index in [9.17, 15) is 0 Å². The van der Waals surface area contributed by atoms with Crippen LogP contribution in [-0.2, 0) is 0 Å². The molecule has 0 aliphatic carbocycles. The van der Waals surface area contributed by atoms with Crippen molar-refractivity contribution in [3.8, 4) is 0 Å². The Morgan fingerprint density at radius 1 is 1.78 bits per heavy atom. The van der Waals surface area contributed by atoms with Gasteiger partial charge in [-0.05, 0) is 13.0 Å². The van der Waals surface area contributed by atoms with E-state index in [0.717, 1.165) is 0 Å². The second-order valence-corrected chi connectivity index (χ2v) is 1.43. The normalized spacial score (nSPS) is 10.8. The van der Waals surface area contributed by atoms with Crippen molar-refractivity contribution in [1.82, 2.24) is 0 Å². The lowest BCUT2D eigenvalue weighted by Crippen LogP contribution is -1.59. The van der Waals surface area contributed by atoms with Crippen molar-refractivity contribution in [1.29, 1.82) is 0 Å². The van der Waals surface area contributed by atoms with E-state index in [1.807, 2.05) is 6.92 Å². The van der Waals surface area contributed by atoms with Crippen LogP contribution in [0.4, 0.5) is 5.88 Å². The second-order valence-electron chi connectivity index (χ2n) is 1.43. The molecule has 1 rings (SSSR count). The van der Waals surface area contributed by atoms with Crippen LogP contribution >= 0.6 is 0 Å². The molecule has 0 aliphatic rings. The first-order valence-corrected chi connectivity index (χ1v) is 2.76. The van der Waals surface area contributed by atoms with E-state index >= 15 is 0 Å². The molecule has 0 amide bonds. The molecule has 1 radical (unpaired) electrons. The minimum absolute atomic E-state index is 0.442. The fraction of sp³-hybridized carbons (Fsp3) is 0.333. The summed E-state index contributed by atoms with van der Waals surface area (Å²) >= 11 is 0. The van der Waals surface area contributed by atoms with Crippen LogP contribution in [0.5, 0.6) is 0 Å². The summed E-state index contributed by atoms with van der Waals surface area (Å²) in [6.07, 6.45) is 1.52. The van der Waals surface area contributed by atoms with Gasteiger partial charge >= 0.3 is 0 Å². The highest BCUT2D eigenvalue weighted by Gasteiger charge is 1.86. The maximum absolute atomic E-state index is 4.82. The molecule has 0 saturated heterocycles. The highest BCUT2D eigenvalue weighted by molar-refractivity contribution is 5.17. The molecule has 0 spiro atoms. The van der Waals surface area contributed by atoms with Gasteiger partial charge in [0.2, 0.25) is 5.88 Å². The predicted molar refractivity (Wildman–Crippen MR) is 32.6 cm³/mol. The average molecular weight is 123 g/mol. The Kier molecular flexibility index (Phi) is 2.01. The van der Waals surface area contributed by atoms with Crippen molar-refractivity contribution in [2.45, 2.75) is 6.92 Å². The van der Waals surface area contributed by atoms with Gasteiger partial charge in [-0.25, -0.2) is 0 Å². The Balaban J connectivity index is 2.57. The monoisotopic (exact) mass is 123 g/mol. The molecule has 0 atom stereocenters. The van der Waals surface area contributed by atoms with E-state index in [2.05, 4.69) is 16.3 Å². The van der Waals surface area contributed by atoms with Crippen molar-refractivity contribution >= 4 is 5.88 Å². The number of rotatable bonds is 2. The Labute approximate surface area is 53.4 Å². The van der Waals surface area contributed by atoms with E-state index in [1.54, 1.807) is 6.07 Å². The lowest BCUT2D eigenvalue weighted by Gasteiger charge is -1.78. The molecule has 0 saturated carbocycles. The zero-order chi connectivity index (χ0) is 6.53. The zero-order valence-corrected chi connectivity index (χ0v) is 5.16. The molecule has 3 nitrogen and oxygen atoms in total. The molecule has 0 bridgehead atoms. The molecule has 1 aromatic rings. The smallest absolute Gasteiger partial charge is 0.246 e. The van der Waals surface area contributed by atoms with E-state index in [-0.39, 0.29) is 0 Å². The summed E-state index contributed by atoms with van der Waals surface area (Å²) in [6.45, 7) is 2.58. The highest BCUT2D eigenvalue weighted by atomic mass is 16.3. The second kappa shape index (κ2) is 3.02. The molecule has 0 unspecified atom stereocenters. The summed E-state index contributed by atoms with van der Waals surface area (Å²) in [7, 11) is 0. The van der Waals surface area contributed by atoms with Crippen LogP contribution in [0.15, 0.2) is 27.0 Å². The van der Waals surface area contributed by atoms with Crippen molar-refractivity contribution < 1.29 is 4.42 Å². The summed E-state index contributed by atoms with van der Waals surface area (Å²) in [5.41, 5.74) is 0. The SMILES string of the molecule is CCN=Nc1[c]cco1. The molecular weight excluding hydrogens is 116 g/mol. The molecule has 0 aromatic carbocycles. The maximum Gasteiger partial charge on any atom is 0.246 e. The first-order valence-electron chi connectivity index (χ1n) is 2.76. The Morgan fingerprint density at radius 2 is 2.67 bits per heavy atom. The van der Waals surface area contributed by atoms with Crippen LogP contribution in [0.1, 0.15) is 6.92 Å². The average Bonchev–Trinajstić information content (AvgIpc) is 2.34. The summed E-state index contributed by atoms with van der Waals surface area (Å²) in [5.74, 6) is 0.442. The van der Waals surface area contributed by atoms with Crippen molar-refractivity contribution in [3.63, 3.8) is 0 Å². The van der Waals surface area contributed by atoms with E-state index in [0.29, 0.717) is 12.4 Å². The van der Waals surface area contributed by atoms with Gasteiger partial charge in [-0.3, -0.25) is 0 Å². The number of hydrogen-bond acceptors (Lipinski definition) is 3. The molecule has 3 heteroatoms. The highest BCUT2D eigenvalue weighted by Crippen LogP contribution is 2.09. The van der Waals surface area contributed by atoms with Gasteiger partial charge < -0.3 is 4.42 Å². The zero-order valence-electron chi connectivity index (χ0n) is 5.16. The third kappa shape index (κ3) is 1.68. The number of hydrogen-bond donors (Lipinski definition) is 0. The lowest BCUT2D eigenvalue weighted by atomic mass is 10.6. The first kappa shape index (κ1) is 6.01. The molecular formula is C6H7N2O. The van der Waals surface area contributed by atoms with Crippen LogP contribution in [0, 0.1) is 6.07 Å². The minimum atomic E-state index is 0.442. The number of nitrogens with zero attached hydrogens (tertiary/aromatic N) is 2. The van der Waals surface area contributed by atoms with Gasteiger partial charge in [0.05, 0.1) is 18.9 Å². The Hall–Kier alpha value is -1.12. The van der Waals surface area contributed by atoms with Gasteiger partial charge in [-0.15, -0.1) is 5.11 Å². The molecule has 1 heterocycles. The summed E-state index contributed by atoms with van der Waals surface area (Å²) in [5, 5.41) is 7.40. The fourth-order valence-corrected chi connectivity index (χ4v) is 0.425. The maximum atomic E-state index is 4.82. The molecule has 0 aliphatic heterocycles. The Morgan fingerprint density at radius 3 is 3.22 bits per heavy atom.